The molecule has 0 N–H and O–H groups in total. The quantitative estimate of drug-likeness (QED) is 0.644. The Balaban J connectivity index is 1.33. The van der Waals surface area contributed by atoms with Gasteiger partial charge >= 0.3 is 0 Å². The molecule has 0 spiro atoms. The highest BCUT2D eigenvalue weighted by Gasteiger charge is 2.38. The molecule has 0 saturated carbocycles. The first-order valence-electron chi connectivity index (χ1n) is 10.9. The van der Waals surface area contributed by atoms with Crippen LogP contribution in [-0.4, -0.2) is 44.6 Å². The molecule has 0 unspecified atom stereocenters. The second-order valence-electron chi connectivity index (χ2n) is 8.85. The SMILES string of the molecule is Cn1ccnc1-c1ccc2n(c1=O)C[C@H]1C[C@@H]2CN(C(=O)c2cccc3c2OCC3)C1. The number of aromatic nitrogens is 3. The molecule has 7 heteroatoms. The third-order valence-corrected chi connectivity index (χ3v) is 6.90. The number of amides is 1. The lowest BCUT2D eigenvalue weighted by atomic mass is 9.82. The molecule has 1 saturated heterocycles. The number of piperidine rings is 1. The third-order valence-electron chi connectivity index (χ3n) is 6.90. The van der Waals surface area contributed by atoms with E-state index in [-0.39, 0.29) is 23.3 Å². The van der Waals surface area contributed by atoms with Crippen LogP contribution in [0.2, 0.25) is 0 Å². The number of benzene rings is 1. The molecular formula is C24H24N4O3. The van der Waals surface area contributed by atoms with Gasteiger partial charge in [0.05, 0.1) is 17.7 Å². The Labute approximate surface area is 179 Å². The van der Waals surface area contributed by atoms with E-state index in [1.807, 2.05) is 57.6 Å². The number of fused-ring (bicyclic) bond motifs is 5. The van der Waals surface area contributed by atoms with Gasteiger partial charge in [0.2, 0.25) is 0 Å². The highest BCUT2D eigenvalue weighted by Crippen LogP contribution is 2.37. The fraction of sp³-hybridized carbons (Fsp3) is 0.375. The monoisotopic (exact) mass is 416 g/mol. The molecule has 7 nitrogen and oxygen atoms in total. The number of ether oxygens (including phenoxy) is 1. The number of likely N-dealkylation sites (tertiary alicyclic amines) is 1. The Bertz CT molecular complexity index is 1260. The summed E-state index contributed by atoms with van der Waals surface area (Å²) in [5, 5.41) is 0. The van der Waals surface area contributed by atoms with Gasteiger partial charge in [0, 0.05) is 57.1 Å². The lowest BCUT2D eigenvalue weighted by Gasteiger charge is -2.43. The summed E-state index contributed by atoms with van der Waals surface area (Å²) in [6, 6.07) is 9.78. The first-order valence-corrected chi connectivity index (χ1v) is 10.9. The standard InChI is InChI=1S/C24H24N4O3/c1-26-9-8-25-22(26)19-5-6-20-17-11-15(13-28(20)24(19)30)12-27(14-17)23(29)18-4-2-3-16-7-10-31-21(16)18/h2-6,8-9,15,17H,7,10-14H2,1H3/t15-,17+/m0/s1. The van der Waals surface area contributed by atoms with Gasteiger partial charge in [-0.05, 0) is 36.1 Å². The maximum Gasteiger partial charge on any atom is 0.261 e. The van der Waals surface area contributed by atoms with Crippen LogP contribution in [0.1, 0.15) is 34.0 Å². The molecule has 1 fully saturated rings. The van der Waals surface area contributed by atoms with Crippen LogP contribution >= 0.6 is 0 Å². The van der Waals surface area contributed by atoms with Gasteiger partial charge in [0.25, 0.3) is 11.5 Å². The van der Waals surface area contributed by atoms with Gasteiger partial charge in [-0.2, -0.15) is 0 Å². The van der Waals surface area contributed by atoms with E-state index in [2.05, 4.69) is 4.98 Å². The molecule has 2 aromatic heterocycles. The number of hydrogen-bond donors (Lipinski definition) is 0. The Hall–Kier alpha value is -3.35. The van der Waals surface area contributed by atoms with Crippen LogP contribution in [0.4, 0.5) is 0 Å². The summed E-state index contributed by atoms with van der Waals surface area (Å²) in [5.74, 6) is 1.90. The minimum Gasteiger partial charge on any atom is -0.492 e. The topological polar surface area (TPSA) is 69.4 Å². The second kappa shape index (κ2) is 6.83. The highest BCUT2D eigenvalue weighted by atomic mass is 16.5. The summed E-state index contributed by atoms with van der Waals surface area (Å²) in [6.07, 6.45) is 5.42. The molecule has 5 heterocycles. The number of pyridine rings is 1. The van der Waals surface area contributed by atoms with Crippen molar-refractivity contribution >= 4 is 5.91 Å². The van der Waals surface area contributed by atoms with E-state index in [1.54, 1.807) is 6.20 Å². The van der Waals surface area contributed by atoms with Crippen LogP contribution in [0.3, 0.4) is 0 Å². The number of rotatable bonds is 2. The van der Waals surface area contributed by atoms with E-state index < -0.39 is 0 Å². The number of hydrogen-bond acceptors (Lipinski definition) is 4. The molecule has 158 valence electrons. The lowest BCUT2D eigenvalue weighted by molar-refractivity contribution is 0.0591. The Morgan fingerprint density at radius 1 is 1.16 bits per heavy atom. The van der Waals surface area contributed by atoms with Gasteiger partial charge in [0.1, 0.15) is 11.6 Å². The van der Waals surface area contributed by atoms with E-state index in [4.69, 9.17) is 4.74 Å². The van der Waals surface area contributed by atoms with Gasteiger partial charge in [0.15, 0.2) is 0 Å². The zero-order valence-corrected chi connectivity index (χ0v) is 17.5. The van der Waals surface area contributed by atoms with E-state index in [1.165, 1.54) is 0 Å². The van der Waals surface area contributed by atoms with Crippen molar-refractivity contribution in [1.82, 2.24) is 19.0 Å². The molecule has 2 atom stereocenters. The average Bonchev–Trinajstić information content (AvgIpc) is 3.42. The Kier molecular flexibility index (Phi) is 4.06. The van der Waals surface area contributed by atoms with Crippen molar-refractivity contribution in [1.29, 1.82) is 0 Å². The van der Waals surface area contributed by atoms with E-state index >= 15 is 0 Å². The first-order chi connectivity index (χ1) is 15.1. The van der Waals surface area contributed by atoms with Gasteiger partial charge in [-0.3, -0.25) is 9.59 Å². The summed E-state index contributed by atoms with van der Waals surface area (Å²) in [4.78, 5) is 33.0. The molecule has 1 aromatic carbocycles. The van der Waals surface area contributed by atoms with Crippen LogP contribution in [0.25, 0.3) is 11.4 Å². The van der Waals surface area contributed by atoms with Gasteiger partial charge in [-0.1, -0.05) is 12.1 Å². The molecule has 31 heavy (non-hydrogen) atoms. The van der Waals surface area contributed by atoms with Crippen molar-refractivity contribution in [2.24, 2.45) is 13.0 Å². The maximum absolute atomic E-state index is 13.4. The summed E-state index contributed by atoms with van der Waals surface area (Å²) in [7, 11) is 1.90. The van der Waals surface area contributed by atoms with Crippen LogP contribution in [-0.2, 0) is 20.0 Å². The minimum atomic E-state index is 0.00977. The predicted molar refractivity (Wildman–Crippen MR) is 115 cm³/mol. The molecular weight excluding hydrogens is 392 g/mol. The fourth-order valence-corrected chi connectivity index (χ4v) is 5.46. The van der Waals surface area contributed by atoms with Crippen molar-refractivity contribution in [3.05, 3.63) is 69.9 Å². The molecule has 3 aromatic rings. The second-order valence-corrected chi connectivity index (χ2v) is 8.85. The number of aryl methyl sites for hydroxylation is 1. The largest absolute Gasteiger partial charge is 0.492 e. The normalized spacial score (nSPS) is 21.4. The van der Waals surface area contributed by atoms with Crippen LogP contribution < -0.4 is 10.3 Å². The zero-order chi connectivity index (χ0) is 21.1. The first kappa shape index (κ1) is 18.4. The molecule has 6 rings (SSSR count). The zero-order valence-electron chi connectivity index (χ0n) is 17.5. The molecule has 0 aliphatic carbocycles. The van der Waals surface area contributed by atoms with Crippen molar-refractivity contribution in [3.63, 3.8) is 0 Å². The summed E-state index contributed by atoms with van der Waals surface area (Å²) < 4.78 is 9.54. The molecule has 2 bridgehead atoms. The van der Waals surface area contributed by atoms with Crippen LogP contribution in [0.15, 0.2) is 47.5 Å². The van der Waals surface area contributed by atoms with E-state index in [0.717, 1.165) is 29.8 Å². The number of para-hydroxylation sites is 1. The number of carbonyl (C=O) groups excluding carboxylic acids is 1. The smallest absolute Gasteiger partial charge is 0.261 e. The molecule has 3 aliphatic rings. The van der Waals surface area contributed by atoms with Gasteiger partial charge in [-0.15, -0.1) is 0 Å². The number of nitrogens with zero attached hydrogens (tertiary/aromatic N) is 4. The van der Waals surface area contributed by atoms with Crippen molar-refractivity contribution < 1.29 is 9.53 Å². The summed E-state index contributed by atoms with van der Waals surface area (Å²) in [5.41, 5.74) is 3.43. The average molecular weight is 416 g/mol. The Morgan fingerprint density at radius 3 is 2.90 bits per heavy atom. The van der Waals surface area contributed by atoms with Gasteiger partial charge in [-0.25, -0.2) is 4.98 Å². The third kappa shape index (κ3) is 2.83. The van der Waals surface area contributed by atoms with Crippen molar-refractivity contribution in [2.75, 3.05) is 19.7 Å². The maximum atomic E-state index is 13.4. The van der Waals surface area contributed by atoms with Gasteiger partial charge < -0.3 is 18.8 Å². The van der Waals surface area contributed by atoms with E-state index in [9.17, 15) is 9.59 Å². The predicted octanol–water partition coefficient (Wildman–Crippen LogP) is 2.44. The minimum absolute atomic E-state index is 0.00977. The summed E-state index contributed by atoms with van der Waals surface area (Å²) in [6.45, 7) is 2.56. The van der Waals surface area contributed by atoms with Crippen molar-refractivity contribution in [3.8, 4) is 17.1 Å². The highest BCUT2D eigenvalue weighted by molar-refractivity contribution is 5.97. The molecule has 0 radical (unpaired) electrons. The number of carbonyl (C=O) groups is 1. The molecule has 1 amide bonds. The van der Waals surface area contributed by atoms with Crippen LogP contribution in [0.5, 0.6) is 5.75 Å². The number of imidazole rings is 1. The molecule has 3 aliphatic heterocycles. The van der Waals surface area contributed by atoms with Crippen LogP contribution in [0, 0.1) is 5.92 Å². The van der Waals surface area contributed by atoms with E-state index in [0.29, 0.717) is 43.2 Å². The Morgan fingerprint density at radius 2 is 2.06 bits per heavy atom. The fourth-order valence-electron chi connectivity index (χ4n) is 5.46. The lowest BCUT2D eigenvalue weighted by Crippen LogP contribution is -2.49. The summed E-state index contributed by atoms with van der Waals surface area (Å²) >= 11 is 0. The van der Waals surface area contributed by atoms with Crippen molar-refractivity contribution in [2.45, 2.75) is 25.3 Å².